The van der Waals surface area contributed by atoms with Crippen molar-refractivity contribution in [2.24, 2.45) is 0 Å². The molecular weight excluding hydrogens is 343 g/mol. The Morgan fingerprint density at radius 1 is 1.16 bits per heavy atom. The monoisotopic (exact) mass is 358 g/mol. The first-order valence-electron chi connectivity index (χ1n) is 7.70. The van der Waals surface area contributed by atoms with Gasteiger partial charge in [0, 0.05) is 5.54 Å². The van der Waals surface area contributed by atoms with Gasteiger partial charge in [0.25, 0.3) is 5.91 Å². The molecule has 0 aliphatic rings. The quantitative estimate of drug-likeness (QED) is 0.774. The van der Waals surface area contributed by atoms with Crippen molar-refractivity contribution < 1.29 is 9.18 Å². The van der Waals surface area contributed by atoms with Crippen LogP contribution in [0.4, 0.5) is 4.39 Å². The summed E-state index contributed by atoms with van der Waals surface area (Å²) >= 11 is 5.70. The lowest BCUT2D eigenvalue weighted by Crippen LogP contribution is -2.45. The van der Waals surface area contributed by atoms with Crippen molar-refractivity contribution in [3.8, 4) is 0 Å². The van der Waals surface area contributed by atoms with Crippen molar-refractivity contribution in [2.45, 2.75) is 25.8 Å². The SMILES string of the molecule is CC(C)(Cc1ccc(Cl)c(F)c1)NC(=O)c1nnc2ccccc2n1. The third-order valence-electron chi connectivity index (χ3n) is 3.65. The predicted molar refractivity (Wildman–Crippen MR) is 94.0 cm³/mol. The summed E-state index contributed by atoms with van der Waals surface area (Å²) in [5.74, 6) is -0.921. The van der Waals surface area contributed by atoms with E-state index in [2.05, 4.69) is 20.5 Å². The van der Waals surface area contributed by atoms with E-state index in [0.29, 0.717) is 17.5 Å². The minimum atomic E-state index is -0.633. The maximum atomic E-state index is 13.6. The molecule has 1 N–H and O–H groups in total. The Hall–Kier alpha value is -2.60. The molecule has 0 aliphatic carbocycles. The molecule has 5 nitrogen and oxygen atoms in total. The van der Waals surface area contributed by atoms with Gasteiger partial charge in [-0.05, 0) is 50.1 Å². The molecule has 1 heterocycles. The Labute approximate surface area is 149 Å². The third-order valence-corrected chi connectivity index (χ3v) is 3.95. The fourth-order valence-electron chi connectivity index (χ4n) is 2.54. The van der Waals surface area contributed by atoms with Crippen LogP contribution in [0.25, 0.3) is 11.0 Å². The van der Waals surface area contributed by atoms with Crippen LogP contribution in [0.15, 0.2) is 42.5 Å². The van der Waals surface area contributed by atoms with E-state index >= 15 is 0 Å². The molecule has 0 saturated carbocycles. The highest BCUT2D eigenvalue weighted by Gasteiger charge is 2.24. The summed E-state index contributed by atoms with van der Waals surface area (Å²) < 4.78 is 13.6. The first-order chi connectivity index (χ1) is 11.8. The molecule has 0 saturated heterocycles. The first kappa shape index (κ1) is 17.2. The molecule has 0 bridgehead atoms. The molecule has 25 heavy (non-hydrogen) atoms. The minimum absolute atomic E-state index is 0.00550. The zero-order valence-corrected chi connectivity index (χ0v) is 14.5. The normalized spacial score (nSPS) is 11.5. The number of carbonyl (C=O) groups is 1. The second-order valence-electron chi connectivity index (χ2n) is 6.39. The van der Waals surface area contributed by atoms with Gasteiger partial charge in [-0.15, -0.1) is 10.2 Å². The summed E-state index contributed by atoms with van der Waals surface area (Å²) in [6, 6.07) is 11.8. The van der Waals surface area contributed by atoms with Crippen molar-refractivity contribution in [1.29, 1.82) is 0 Å². The summed E-state index contributed by atoms with van der Waals surface area (Å²) in [6.07, 6.45) is 0.424. The molecule has 3 aromatic rings. The number of nitrogens with zero attached hydrogens (tertiary/aromatic N) is 3. The Morgan fingerprint density at radius 2 is 1.88 bits per heavy atom. The van der Waals surface area contributed by atoms with Crippen LogP contribution in [-0.4, -0.2) is 26.6 Å². The van der Waals surface area contributed by atoms with Crippen LogP contribution in [0, 0.1) is 5.82 Å². The van der Waals surface area contributed by atoms with Gasteiger partial charge in [-0.2, -0.15) is 0 Å². The number of rotatable bonds is 4. The van der Waals surface area contributed by atoms with Crippen molar-refractivity contribution in [2.75, 3.05) is 0 Å². The number of amides is 1. The highest BCUT2D eigenvalue weighted by molar-refractivity contribution is 6.30. The van der Waals surface area contributed by atoms with E-state index in [-0.39, 0.29) is 10.8 Å². The smallest absolute Gasteiger partial charge is 0.291 e. The van der Waals surface area contributed by atoms with E-state index in [4.69, 9.17) is 11.6 Å². The molecule has 3 rings (SSSR count). The van der Waals surface area contributed by atoms with Gasteiger partial charge < -0.3 is 5.32 Å². The molecule has 7 heteroatoms. The molecular formula is C18H16ClFN4O. The molecule has 1 amide bonds. The zero-order valence-electron chi connectivity index (χ0n) is 13.8. The summed E-state index contributed by atoms with van der Waals surface area (Å²) in [5.41, 5.74) is 1.31. The maximum Gasteiger partial charge on any atom is 0.291 e. The summed E-state index contributed by atoms with van der Waals surface area (Å²) in [5, 5.41) is 10.8. The van der Waals surface area contributed by atoms with Crippen LogP contribution in [0.5, 0.6) is 0 Å². The van der Waals surface area contributed by atoms with E-state index in [0.717, 1.165) is 5.56 Å². The van der Waals surface area contributed by atoms with Crippen LogP contribution < -0.4 is 5.32 Å². The number of para-hydroxylation sites is 1. The van der Waals surface area contributed by atoms with Crippen molar-refractivity contribution in [3.05, 3.63) is 64.7 Å². The van der Waals surface area contributed by atoms with Crippen molar-refractivity contribution in [3.63, 3.8) is 0 Å². The molecule has 1 aromatic heterocycles. The molecule has 0 atom stereocenters. The number of carbonyl (C=O) groups excluding carboxylic acids is 1. The standard InChI is InChI=1S/C18H16ClFN4O/c1-18(2,10-11-7-8-12(19)13(20)9-11)22-17(25)16-21-14-5-3-4-6-15(14)23-24-16/h3-9H,10H2,1-2H3,(H,22,25). The number of nitrogens with one attached hydrogen (secondary N) is 1. The van der Waals surface area contributed by atoms with Gasteiger partial charge in [0.1, 0.15) is 11.3 Å². The van der Waals surface area contributed by atoms with Crippen LogP contribution in [-0.2, 0) is 6.42 Å². The summed E-state index contributed by atoms with van der Waals surface area (Å²) in [4.78, 5) is 16.7. The van der Waals surface area contributed by atoms with Crippen LogP contribution in [0.1, 0.15) is 30.0 Å². The lowest BCUT2D eigenvalue weighted by Gasteiger charge is -2.26. The van der Waals surface area contributed by atoms with Crippen LogP contribution in [0.2, 0.25) is 5.02 Å². The second kappa shape index (κ2) is 6.72. The Morgan fingerprint density at radius 3 is 2.60 bits per heavy atom. The number of hydrogen-bond acceptors (Lipinski definition) is 4. The molecule has 0 aliphatic heterocycles. The molecule has 0 spiro atoms. The number of halogens is 2. The Kier molecular flexibility index (Phi) is 4.63. The first-order valence-corrected chi connectivity index (χ1v) is 8.08. The van der Waals surface area contributed by atoms with E-state index in [9.17, 15) is 9.18 Å². The van der Waals surface area contributed by atoms with Gasteiger partial charge in [0.2, 0.25) is 5.82 Å². The van der Waals surface area contributed by atoms with Gasteiger partial charge >= 0.3 is 0 Å². The fourth-order valence-corrected chi connectivity index (χ4v) is 2.66. The lowest BCUT2D eigenvalue weighted by atomic mass is 9.95. The highest BCUT2D eigenvalue weighted by atomic mass is 35.5. The molecule has 2 aromatic carbocycles. The fraction of sp³-hybridized carbons (Fsp3) is 0.222. The number of hydrogen-bond donors (Lipinski definition) is 1. The maximum absolute atomic E-state index is 13.6. The Balaban J connectivity index is 1.76. The molecule has 0 fully saturated rings. The van der Waals surface area contributed by atoms with E-state index in [1.165, 1.54) is 12.1 Å². The average Bonchev–Trinajstić information content (AvgIpc) is 2.57. The average molecular weight is 359 g/mol. The third kappa shape index (κ3) is 4.09. The second-order valence-corrected chi connectivity index (χ2v) is 6.79. The van der Waals surface area contributed by atoms with E-state index in [1.54, 1.807) is 18.2 Å². The molecule has 128 valence electrons. The number of aromatic nitrogens is 3. The number of benzene rings is 2. The summed E-state index contributed by atoms with van der Waals surface area (Å²) in [7, 11) is 0. The Bertz CT molecular complexity index is 945. The van der Waals surface area contributed by atoms with Crippen molar-refractivity contribution in [1.82, 2.24) is 20.5 Å². The van der Waals surface area contributed by atoms with E-state index in [1.807, 2.05) is 26.0 Å². The highest BCUT2D eigenvalue weighted by Crippen LogP contribution is 2.19. The largest absolute Gasteiger partial charge is 0.344 e. The van der Waals surface area contributed by atoms with Gasteiger partial charge in [-0.1, -0.05) is 29.8 Å². The molecule has 0 unspecified atom stereocenters. The van der Waals surface area contributed by atoms with E-state index < -0.39 is 17.3 Å². The predicted octanol–water partition coefficient (Wildman–Crippen LogP) is 3.57. The van der Waals surface area contributed by atoms with Crippen molar-refractivity contribution >= 4 is 28.5 Å². The van der Waals surface area contributed by atoms with Gasteiger partial charge in [0.15, 0.2) is 0 Å². The van der Waals surface area contributed by atoms with Gasteiger partial charge in [0.05, 0.1) is 10.5 Å². The number of fused-ring (bicyclic) bond motifs is 1. The van der Waals surface area contributed by atoms with Crippen LogP contribution >= 0.6 is 11.6 Å². The molecule has 0 radical (unpaired) electrons. The van der Waals surface area contributed by atoms with Gasteiger partial charge in [-0.25, -0.2) is 9.37 Å². The lowest BCUT2D eigenvalue weighted by molar-refractivity contribution is 0.0901. The summed E-state index contributed by atoms with van der Waals surface area (Å²) in [6.45, 7) is 3.68. The van der Waals surface area contributed by atoms with Gasteiger partial charge in [-0.3, -0.25) is 4.79 Å². The zero-order chi connectivity index (χ0) is 18.0. The topological polar surface area (TPSA) is 67.8 Å². The minimum Gasteiger partial charge on any atom is -0.344 e. The van der Waals surface area contributed by atoms with Crippen LogP contribution in [0.3, 0.4) is 0 Å².